The van der Waals surface area contributed by atoms with Gasteiger partial charge in [-0.3, -0.25) is 9.78 Å². The van der Waals surface area contributed by atoms with Gasteiger partial charge in [0.1, 0.15) is 5.75 Å². The molecule has 5 heteroatoms. The molecule has 1 aromatic heterocycles. The normalized spacial score (nSPS) is 12.3. The van der Waals surface area contributed by atoms with E-state index in [0.29, 0.717) is 5.75 Å². The monoisotopic (exact) mass is 369 g/mol. The van der Waals surface area contributed by atoms with E-state index in [4.69, 9.17) is 4.74 Å². The third-order valence-electron chi connectivity index (χ3n) is 4.46. The molecule has 0 saturated carbocycles. The van der Waals surface area contributed by atoms with Crippen LogP contribution in [0.4, 0.5) is 0 Å². The Hall–Kier alpha value is -3.73. The van der Waals surface area contributed by atoms with Crippen LogP contribution in [0.2, 0.25) is 0 Å². The minimum atomic E-state index is -0.686. The molecule has 28 heavy (non-hydrogen) atoms. The van der Waals surface area contributed by atoms with Gasteiger partial charge in [0.2, 0.25) is 0 Å². The number of hydrogen-bond acceptors (Lipinski definition) is 4. The molecule has 3 aromatic carbocycles. The zero-order valence-corrected chi connectivity index (χ0v) is 15.4. The lowest BCUT2D eigenvalue weighted by atomic mass is 10.1. The Morgan fingerprint density at radius 1 is 1.00 bits per heavy atom. The van der Waals surface area contributed by atoms with E-state index in [1.54, 1.807) is 19.3 Å². The Labute approximate surface area is 162 Å². The second-order valence-corrected chi connectivity index (χ2v) is 6.39. The van der Waals surface area contributed by atoms with E-state index in [1.807, 2.05) is 72.8 Å². The Balaban J connectivity index is 1.45. The summed E-state index contributed by atoms with van der Waals surface area (Å²) in [6, 6.07) is 23.4. The molecular formula is C23H19N3O2. The summed E-state index contributed by atoms with van der Waals surface area (Å²) >= 11 is 0. The van der Waals surface area contributed by atoms with Gasteiger partial charge in [0.15, 0.2) is 6.10 Å². The average molecular weight is 369 g/mol. The van der Waals surface area contributed by atoms with Crippen LogP contribution in [0.15, 0.2) is 84.1 Å². The third kappa shape index (κ3) is 3.69. The highest BCUT2D eigenvalue weighted by Gasteiger charge is 2.15. The molecule has 0 aliphatic heterocycles. The topological polar surface area (TPSA) is 63.6 Å². The third-order valence-corrected chi connectivity index (χ3v) is 4.46. The van der Waals surface area contributed by atoms with E-state index in [0.717, 1.165) is 27.2 Å². The highest BCUT2D eigenvalue weighted by atomic mass is 16.5. The summed E-state index contributed by atoms with van der Waals surface area (Å²) in [5, 5.41) is 7.12. The van der Waals surface area contributed by atoms with E-state index < -0.39 is 6.10 Å². The summed E-state index contributed by atoms with van der Waals surface area (Å²) in [5.74, 6) is 0.348. The van der Waals surface area contributed by atoms with Crippen molar-refractivity contribution in [2.45, 2.75) is 13.0 Å². The van der Waals surface area contributed by atoms with E-state index in [1.165, 1.54) is 0 Å². The van der Waals surface area contributed by atoms with E-state index in [9.17, 15) is 4.79 Å². The van der Waals surface area contributed by atoms with Crippen molar-refractivity contribution < 1.29 is 9.53 Å². The Kier molecular flexibility index (Phi) is 4.97. The lowest BCUT2D eigenvalue weighted by molar-refractivity contribution is -0.127. The first kappa shape index (κ1) is 17.7. The van der Waals surface area contributed by atoms with Gasteiger partial charge in [0.25, 0.3) is 5.91 Å². The molecule has 1 N–H and O–H groups in total. The molecule has 0 saturated heterocycles. The van der Waals surface area contributed by atoms with Crippen molar-refractivity contribution in [3.05, 3.63) is 84.6 Å². The summed E-state index contributed by atoms with van der Waals surface area (Å²) in [7, 11) is 0. The largest absolute Gasteiger partial charge is 0.480 e. The molecule has 1 unspecified atom stereocenters. The van der Waals surface area contributed by atoms with Crippen molar-refractivity contribution in [2.75, 3.05) is 0 Å². The number of benzene rings is 3. The number of ether oxygens (including phenoxy) is 1. The number of fused-ring (bicyclic) bond motifs is 2. The second kappa shape index (κ2) is 7.88. The SMILES string of the molecule is CC(Oc1cccc2ccccc12)C(=O)N/N=C/c1cccc2cccnc12. The summed E-state index contributed by atoms with van der Waals surface area (Å²) < 4.78 is 5.86. The highest BCUT2D eigenvalue weighted by Crippen LogP contribution is 2.26. The van der Waals surface area contributed by atoms with E-state index in [-0.39, 0.29) is 5.91 Å². The number of para-hydroxylation sites is 1. The number of nitrogens with one attached hydrogen (secondary N) is 1. The average Bonchev–Trinajstić information content (AvgIpc) is 2.74. The summed E-state index contributed by atoms with van der Waals surface area (Å²) in [6.07, 6.45) is 2.64. The minimum Gasteiger partial charge on any atom is -0.480 e. The molecular weight excluding hydrogens is 350 g/mol. The lowest BCUT2D eigenvalue weighted by Crippen LogP contribution is -2.33. The molecule has 0 aliphatic rings. The van der Waals surface area contributed by atoms with Crippen LogP contribution in [0, 0.1) is 0 Å². The molecule has 0 spiro atoms. The fourth-order valence-corrected chi connectivity index (χ4v) is 3.03. The Bertz CT molecular complexity index is 1160. The van der Waals surface area contributed by atoms with Crippen molar-refractivity contribution >= 4 is 33.8 Å². The van der Waals surface area contributed by atoms with Gasteiger partial charge in [0, 0.05) is 22.5 Å². The number of carbonyl (C=O) groups excluding carboxylic acids is 1. The maximum atomic E-state index is 12.4. The quantitative estimate of drug-likeness (QED) is 0.421. The predicted molar refractivity (Wildman–Crippen MR) is 112 cm³/mol. The van der Waals surface area contributed by atoms with Crippen LogP contribution in [-0.2, 0) is 4.79 Å². The zero-order chi connectivity index (χ0) is 19.3. The van der Waals surface area contributed by atoms with Gasteiger partial charge >= 0.3 is 0 Å². The fraction of sp³-hybridized carbons (Fsp3) is 0.0870. The van der Waals surface area contributed by atoms with Gasteiger partial charge in [-0.1, -0.05) is 60.7 Å². The van der Waals surface area contributed by atoms with Gasteiger partial charge in [0.05, 0.1) is 11.7 Å². The number of aromatic nitrogens is 1. The molecule has 1 heterocycles. The van der Waals surface area contributed by atoms with Crippen LogP contribution in [0.3, 0.4) is 0 Å². The van der Waals surface area contributed by atoms with Gasteiger partial charge in [-0.2, -0.15) is 5.10 Å². The van der Waals surface area contributed by atoms with Crippen LogP contribution in [-0.4, -0.2) is 23.2 Å². The number of carbonyl (C=O) groups is 1. The molecule has 0 fully saturated rings. The second-order valence-electron chi connectivity index (χ2n) is 6.39. The van der Waals surface area contributed by atoms with Crippen molar-refractivity contribution in [3.8, 4) is 5.75 Å². The molecule has 1 amide bonds. The first-order valence-corrected chi connectivity index (χ1v) is 9.03. The molecule has 4 rings (SSSR count). The molecule has 0 bridgehead atoms. The smallest absolute Gasteiger partial charge is 0.280 e. The maximum Gasteiger partial charge on any atom is 0.280 e. The summed E-state index contributed by atoms with van der Waals surface area (Å²) in [5.41, 5.74) is 4.21. The van der Waals surface area contributed by atoms with Gasteiger partial charge < -0.3 is 4.74 Å². The first-order valence-electron chi connectivity index (χ1n) is 9.03. The molecule has 5 nitrogen and oxygen atoms in total. The van der Waals surface area contributed by atoms with E-state index >= 15 is 0 Å². The number of amides is 1. The molecule has 1 atom stereocenters. The van der Waals surface area contributed by atoms with Gasteiger partial charge in [-0.05, 0) is 24.4 Å². The lowest BCUT2D eigenvalue weighted by Gasteiger charge is -2.14. The van der Waals surface area contributed by atoms with Crippen molar-refractivity contribution in [3.63, 3.8) is 0 Å². The van der Waals surface area contributed by atoms with Crippen LogP contribution in [0.25, 0.3) is 21.7 Å². The summed E-state index contributed by atoms with van der Waals surface area (Å²) in [4.78, 5) is 16.7. The van der Waals surface area contributed by atoms with Crippen LogP contribution < -0.4 is 10.2 Å². The highest BCUT2D eigenvalue weighted by molar-refractivity contribution is 5.97. The van der Waals surface area contributed by atoms with Gasteiger partial charge in [-0.25, -0.2) is 5.43 Å². The molecule has 138 valence electrons. The molecule has 4 aromatic rings. The van der Waals surface area contributed by atoms with Crippen molar-refractivity contribution in [1.29, 1.82) is 0 Å². The molecule has 0 radical (unpaired) electrons. The zero-order valence-electron chi connectivity index (χ0n) is 15.4. The summed E-state index contributed by atoms with van der Waals surface area (Å²) in [6.45, 7) is 1.70. The van der Waals surface area contributed by atoms with E-state index in [2.05, 4.69) is 15.5 Å². The number of nitrogens with zero attached hydrogens (tertiary/aromatic N) is 2. The van der Waals surface area contributed by atoms with Crippen LogP contribution in [0.5, 0.6) is 5.75 Å². The number of pyridine rings is 1. The number of rotatable bonds is 5. The van der Waals surface area contributed by atoms with Gasteiger partial charge in [-0.15, -0.1) is 0 Å². The van der Waals surface area contributed by atoms with Crippen LogP contribution in [0.1, 0.15) is 12.5 Å². The first-order chi connectivity index (χ1) is 13.7. The fourth-order valence-electron chi connectivity index (χ4n) is 3.03. The minimum absolute atomic E-state index is 0.322. The van der Waals surface area contributed by atoms with Crippen LogP contribution >= 0.6 is 0 Å². The predicted octanol–water partition coefficient (Wildman–Crippen LogP) is 4.31. The number of hydrazone groups is 1. The maximum absolute atomic E-state index is 12.4. The molecule has 0 aliphatic carbocycles. The van der Waals surface area contributed by atoms with Crippen molar-refractivity contribution in [2.24, 2.45) is 5.10 Å². The Morgan fingerprint density at radius 2 is 1.75 bits per heavy atom. The Morgan fingerprint density at radius 3 is 2.68 bits per heavy atom. The standard InChI is InChI=1S/C23H19N3O2/c1-16(28-21-13-5-8-17-7-2-3-12-20(17)21)23(27)26-25-15-19-10-4-9-18-11-6-14-24-22(18)19/h2-16H,1H3,(H,26,27)/b25-15+. The van der Waals surface area contributed by atoms with Crippen molar-refractivity contribution in [1.82, 2.24) is 10.4 Å². The number of hydrogen-bond donors (Lipinski definition) is 1.